The summed E-state index contributed by atoms with van der Waals surface area (Å²) < 4.78 is 10.5. The Kier molecular flexibility index (Phi) is 6.38. The lowest BCUT2D eigenvalue weighted by molar-refractivity contribution is -0.124. The molecule has 7 nitrogen and oxygen atoms in total. The Morgan fingerprint density at radius 3 is 2.43 bits per heavy atom. The van der Waals surface area contributed by atoms with Crippen LogP contribution in [-0.4, -0.2) is 31.6 Å². The van der Waals surface area contributed by atoms with Gasteiger partial charge in [-0.1, -0.05) is 26.8 Å². The Hall–Kier alpha value is -2.28. The average Bonchev–Trinajstić information content (AvgIpc) is 2.48. The van der Waals surface area contributed by atoms with Crippen molar-refractivity contribution in [3.63, 3.8) is 0 Å². The lowest BCUT2D eigenvalue weighted by Gasteiger charge is -2.25. The molecule has 2 amide bonds. The fourth-order valence-electron chi connectivity index (χ4n) is 1.78. The molecule has 1 atom stereocenters. The van der Waals surface area contributed by atoms with Crippen molar-refractivity contribution in [2.75, 3.05) is 13.7 Å². The maximum absolute atomic E-state index is 12.0. The van der Waals surface area contributed by atoms with E-state index in [-0.39, 0.29) is 17.9 Å². The number of benzene rings is 1. The number of methoxy groups -OCH3 is 1. The number of nitrogens with two attached hydrogens (primary N) is 2. The van der Waals surface area contributed by atoms with Crippen LogP contribution < -0.4 is 26.3 Å². The maximum Gasteiger partial charge on any atom is 0.255 e. The van der Waals surface area contributed by atoms with E-state index in [2.05, 4.69) is 5.32 Å². The van der Waals surface area contributed by atoms with Gasteiger partial charge in [0.1, 0.15) is 0 Å². The van der Waals surface area contributed by atoms with Gasteiger partial charge in [0.25, 0.3) is 5.91 Å². The number of rotatable bonds is 7. The van der Waals surface area contributed by atoms with E-state index in [1.807, 2.05) is 20.8 Å². The molecule has 0 fully saturated rings. The first-order valence-electron chi connectivity index (χ1n) is 7.26. The molecule has 1 aromatic rings. The van der Waals surface area contributed by atoms with Crippen molar-refractivity contribution in [1.82, 2.24) is 5.32 Å². The Morgan fingerprint density at radius 2 is 1.91 bits per heavy atom. The Balaban J connectivity index is 2.71. The van der Waals surface area contributed by atoms with Crippen molar-refractivity contribution in [2.45, 2.75) is 33.4 Å². The summed E-state index contributed by atoms with van der Waals surface area (Å²) in [5.41, 5.74) is 11.5. The van der Waals surface area contributed by atoms with Gasteiger partial charge in [-0.05, 0) is 23.1 Å². The van der Waals surface area contributed by atoms with Crippen LogP contribution in [0.4, 0.5) is 0 Å². The molecule has 0 saturated carbocycles. The summed E-state index contributed by atoms with van der Waals surface area (Å²) >= 11 is 0. The fourth-order valence-corrected chi connectivity index (χ4v) is 1.78. The molecule has 0 aromatic heterocycles. The third-order valence-corrected chi connectivity index (χ3v) is 3.28. The zero-order chi connectivity index (χ0) is 17.6. The van der Waals surface area contributed by atoms with Crippen molar-refractivity contribution in [3.05, 3.63) is 23.8 Å². The molecule has 0 saturated heterocycles. The number of ether oxygens (including phenoxy) is 2. The maximum atomic E-state index is 12.0. The summed E-state index contributed by atoms with van der Waals surface area (Å²) in [6, 6.07) is 4.55. The van der Waals surface area contributed by atoms with Crippen molar-refractivity contribution in [3.8, 4) is 11.5 Å². The highest BCUT2D eigenvalue weighted by Gasteiger charge is 2.27. The second-order valence-corrected chi connectivity index (χ2v) is 6.30. The van der Waals surface area contributed by atoms with Crippen LogP contribution in [0.3, 0.4) is 0 Å². The second-order valence-electron chi connectivity index (χ2n) is 6.30. The van der Waals surface area contributed by atoms with Gasteiger partial charge in [-0.3, -0.25) is 9.59 Å². The Morgan fingerprint density at radius 1 is 1.26 bits per heavy atom. The molecule has 0 radical (unpaired) electrons. The van der Waals surface area contributed by atoms with Gasteiger partial charge < -0.3 is 26.3 Å². The highest BCUT2D eigenvalue weighted by atomic mass is 16.5. The van der Waals surface area contributed by atoms with Crippen molar-refractivity contribution >= 4 is 11.8 Å². The predicted octanol–water partition coefficient (Wildman–Crippen LogP) is 0.549. The van der Waals surface area contributed by atoms with Gasteiger partial charge in [0.2, 0.25) is 5.91 Å². The third-order valence-electron chi connectivity index (χ3n) is 3.28. The van der Waals surface area contributed by atoms with Crippen LogP contribution >= 0.6 is 0 Å². The zero-order valence-electron chi connectivity index (χ0n) is 14.0. The summed E-state index contributed by atoms with van der Waals surface area (Å²) in [6.07, 6.45) is 0. The van der Waals surface area contributed by atoms with Crippen molar-refractivity contribution < 1.29 is 19.1 Å². The van der Waals surface area contributed by atoms with Gasteiger partial charge in [0.15, 0.2) is 18.1 Å². The molecule has 0 aliphatic heterocycles. The predicted molar refractivity (Wildman–Crippen MR) is 87.0 cm³/mol. The van der Waals surface area contributed by atoms with Gasteiger partial charge in [-0.25, -0.2) is 0 Å². The lowest BCUT2D eigenvalue weighted by Crippen LogP contribution is -2.48. The smallest absolute Gasteiger partial charge is 0.255 e. The molecular weight excluding hydrogens is 298 g/mol. The topological polar surface area (TPSA) is 117 Å². The van der Waals surface area contributed by atoms with E-state index in [0.29, 0.717) is 18.0 Å². The molecule has 23 heavy (non-hydrogen) atoms. The molecular formula is C16H25N3O4. The molecule has 1 rings (SSSR count). The molecule has 0 aliphatic carbocycles. The number of hydrogen-bond acceptors (Lipinski definition) is 5. The molecule has 0 aliphatic rings. The van der Waals surface area contributed by atoms with E-state index in [4.69, 9.17) is 20.9 Å². The van der Waals surface area contributed by atoms with Crippen LogP contribution in [0.5, 0.6) is 11.5 Å². The van der Waals surface area contributed by atoms with Crippen molar-refractivity contribution in [2.24, 2.45) is 16.9 Å². The van der Waals surface area contributed by atoms with Crippen LogP contribution in [-0.2, 0) is 16.1 Å². The molecule has 0 spiro atoms. The molecule has 0 heterocycles. The standard InChI is InChI=1S/C16H25N3O4/c1-16(2,3)14(18)15(21)19-8-10-5-6-11(12(7-10)22-4)23-9-13(17)20/h5-7,14H,8-9,18H2,1-4H3,(H2,17,20)(H,19,21)/t14-/m1/s1. The number of nitrogens with one attached hydrogen (secondary N) is 1. The summed E-state index contributed by atoms with van der Waals surface area (Å²) in [6.45, 7) is 5.81. The fraction of sp³-hybridized carbons (Fsp3) is 0.500. The lowest BCUT2D eigenvalue weighted by atomic mass is 9.87. The van der Waals surface area contributed by atoms with E-state index in [1.165, 1.54) is 7.11 Å². The van der Waals surface area contributed by atoms with Gasteiger partial charge in [0, 0.05) is 6.54 Å². The highest BCUT2D eigenvalue weighted by Crippen LogP contribution is 2.28. The summed E-state index contributed by atoms with van der Waals surface area (Å²) in [4.78, 5) is 22.8. The number of hydrogen-bond donors (Lipinski definition) is 3. The van der Waals surface area contributed by atoms with Crippen LogP contribution in [0.15, 0.2) is 18.2 Å². The van der Waals surface area contributed by atoms with Gasteiger partial charge in [-0.2, -0.15) is 0 Å². The van der Waals surface area contributed by atoms with E-state index in [0.717, 1.165) is 5.56 Å². The average molecular weight is 323 g/mol. The first-order chi connectivity index (χ1) is 10.6. The SMILES string of the molecule is COc1cc(CNC(=O)[C@@H](N)C(C)(C)C)ccc1OCC(N)=O. The highest BCUT2D eigenvalue weighted by molar-refractivity contribution is 5.82. The van der Waals surface area contributed by atoms with Gasteiger partial charge in [-0.15, -0.1) is 0 Å². The minimum Gasteiger partial charge on any atom is -0.493 e. The van der Waals surface area contributed by atoms with Crippen LogP contribution in [0, 0.1) is 5.41 Å². The number of carbonyl (C=O) groups is 2. The monoisotopic (exact) mass is 323 g/mol. The first-order valence-corrected chi connectivity index (χ1v) is 7.26. The molecule has 5 N–H and O–H groups in total. The summed E-state index contributed by atoms with van der Waals surface area (Å²) in [7, 11) is 1.49. The minimum absolute atomic E-state index is 0.217. The normalized spacial score (nSPS) is 12.4. The molecule has 0 bridgehead atoms. The van der Waals surface area contributed by atoms with Gasteiger partial charge in [0.05, 0.1) is 13.2 Å². The quantitative estimate of drug-likeness (QED) is 0.677. The van der Waals surface area contributed by atoms with Crippen LogP contribution in [0.1, 0.15) is 26.3 Å². The summed E-state index contributed by atoms with van der Waals surface area (Å²) in [5, 5.41) is 2.79. The Labute approximate surface area is 136 Å². The number of amides is 2. The molecule has 128 valence electrons. The second kappa shape index (κ2) is 7.82. The van der Waals surface area contributed by atoms with E-state index < -0.39 is 11.9 Å². The van der Waals surface area contributed by atoms with E-state index >= 15 is 0 Å². The summed E-state index contributed by atoms with van der Waals surface area (Å²) in [5.74, 6) is 0.0796. The third kappa shape index (κ3) is 5.78. The van der Waals surface area contributed by atoms with E-state index in [9.17, 15) is 9.59 Å². The zero-order valence-corrected chi connectivity index (χ0v) is 14.0. The molecule has 7 heteroatoms. The van der Waals surface area contributed by atoms with E-state index in [1.54, 1.807) is 18.2 Å². The number of carbonyl (C=O) groups excluding carboxylic acids is 2. The van der Waals surface area contributed by atoms with Crippen LogP contribution in [0.25, 0.3) is 0 Å². The molecule has 0 unspecified atom stereocenters. The molecule has 1 aromatic carbocycles. The van der Waals surface area contributed by atoms with Crippen LogP contribution in [0.2, 0.25) is 0 Å². The first kappa shape index (κ1) is 18.8. The Bertz CT molecular complexity index is 567. The number of primary amides is 1. The minimum atomic E-state index is -0.595. The van der Waals surface area contributed by atoms with Crippen molar-refractivity contribution in [1.29, 1.82) is 0 Å². The largest absolute Gasteiger partial charge is 0.493 e. The van der Waals surface area contributed by atoms with Gasteiger partial charge >= 0.3 is 0 Å².